The van der Waals surface area contributed by atoms with Crippen LogP contribution in [0.25, 0.3) is 0 Å². The van der Waals surface area contributed by atoms with Gasteiger partial charge in [-0.05, 0) is 73.5 Å². The summed E-state index contributed by atoms with van der Waals surface area (Å²) in [7, 11) is 0. The molecule has 0 aliphatic carbocycles. The van der Waals surface area contributed by atoms with E-state index in [-0.39, 0.29) is 23.9 Å². The fraction of sp³-hybridized carbons (Fsp3) is 0.531. The van der Waals surface area contributed by atoms with Gasteiger partial charge in [0.05, 0.1) is 6.61 Å². The highest BCUT2D eigenvalue weighted by atomic mass is 17.5. The summed E-state index contributed by atoms with van der Waals surface area (Å²) in [5.41, 5.74) is 3.31. The number of nitrogens with zero attached hydrogens (tertiary/aromatic N) is 3. The molecule has 2 heterocycles. The fourth-order valence-corrected chi connectivity index (χ4v) is 5.62. The number of likely N-dealkylation sites (tertiary alicyclic amines) is 1. The summed E-state index contributed by atoms with van der Waals surface area (Å²) in [5.74, 6) is -0.212. The van der Waals surface area contributed by atoms with Gasteiger partial charge in [-0.2, -0.15) is 0 Å². The molecule has 228 valence electrons. The Labute approximate surface area is 248 Å². The van der Waals surface area contributed by atoms with E-state index in [0.717, 1.165) is 38.6 Å². The molecule has 0 aromatic heterocycles. The second kappa shape index (κ2) is 14.0. The minimum absolute atomic E-state index is 0.0447. The van der Waals surface area contributed by atoms with Crippen LogP contribution in [0.4, 0.5) is 5.69 Å². The summed E-state index contributed by atoms with van der Waals surface area (Å²) in [5, 5.41) is 4.16. The standard InChI is InChI=1S/C32H43N3O7/c1-23-20-25(14-15-35(23)21-30(37)41-42-40-24(2)36)22-39-27-12-10-26(11-13-27)31(38)34-18-16-33(17-19-34)29-9-7-6-8-28(29)32(3,4)5/h6-13,23,25H,14-22H2,1-5H3. The number of hydrogen-bond donors (Lipinski definition) is 0. The molecule has 2 fully saturated rings. The summed E-state index contributed by atoms with van der Waals surface area (Å²) in [6, 6.07) is 16.1. The first-order chi connectivity index (χ1) is 20.0. The normalized spacial score (nSPS) is 19.7. The van der Waals surface area contributed by atoms with Crippen LogP contribution < -0.4 is 9.64 Å². The molecule has 10 nitrogen and oxygen atoms in total. The second-order valence-electron chi connectivity index (χ2n) is 12.2. The molecule has 2 aliphatic rings. The van der Waals surface area contributed by atoms with Crippen molar-refractivity contribution in [2.45, 2.75) is 58.9 Å². The summed E-state index contributed by atoms with van der Waals surface area (Å²) >= 11 is 0. The van der Waals surface area contributed by atoms with Gasteiger partial charge in [-0.3, -0.25) is 19.5 Å². The highest BCUT2D eigenvalue weighted by Crippen LogP contribution is 2.32. The molecule has 10 heteroatoms. The number of rotatable bonds is 9. The SMILES string of the molecule is CC(=O)OOOC(=O)CN1CCC(COc2ccc(C(=O)N3CCN(c4ccccc4C(C)(C)C)CC3)cc2)CC1C. The van der Waals surface area contributed by atoms with Crippen molar-refractivity contribution in [3.05, 3.63) is 59.7 Å². The Kier molecular flexibility index (Phi) is 10.5. The van der Waals surface area contributed by atoms with Crippen molar-refractivity contribution in [3.8, 4) is 5.75 Å². The van der Waals surface area contributed by atoms with E-state index >= 15 is 0 Å². The highest BCUT2D eigenvalue weighted by Gasteiger charge is 2.29. The highest BCUT2D eigenvalue weighted by molar-refractivity contribution is 5.94. The largest absolute Gasteiger partial charge is 0.493 e. The van der Waals surface area contributed by atoms with Crippen molar-refractivity contribution in [2.75, 3.05) is 50.8 Å². The number of carbonyl (C=O) groups is 3. The van der Waals surface area contributed by atoms with Crippen LogP contribution in [0.3, 0.4) is 0 Å². The Hall–Kier alpha value is -3.63. The lowest BCUT2D eigenvalue weighted by Crippen LogP contribution is -2.49. The van der Waals surface area contributed by atoms with Crippen molar-refractivity contribution in [3.63, 3.8) is 0 Å². The molecule has 42 heavy (non-hydrogen) atoms. The zero-order chi connectivity index (χ0) is 30.3. The van der Waals surface area contributed by atoms with Crippen LogP contribution in [0.15, 0.2) is 48.5 Å². The number of para-hydroxylation sites is 1. The van der Waals surface area contributed by atoms with Crippen molar-refractivity contribution < 1.29 is 33.9 Å². The Morgan fingerprint density at radius 3 is 2.24 bits per heavy atom. The molecule has 0 saturated carbocycles. The van der Waals surface area contributed by atoms with E-state index in [0.29, 0.717) is 37.7 Å². The molecule has 2 aromatic rings. The number of anilines is 1. The second-order valence-corrected chi connectivity index (χ2v) is 12.2. The smallest absolute Gasteiger partial charge is 0.360 e. The third-order valence-corrected chi connectivity index (χ3v) is 7.94. The van der Waals surface area contributed by atoms with E-state index in [1.165, 1.54) is 11.3 Å². The van der Waals surface area contributed by atoms with Gasteiger partial charge >= 0.3 is 11.9 Å². The number of ether oxygens (including phenoxy) is 1. The molecular weight excluding hydrogens is 538 g/mol. The monoisotopic (exact) mass is 581 g/mol. The topological polar surface area (TPSA) is 97.8 Å². The quantitative estimate of drug-likeness (QED) is 0.316. The first-order valence-corrected chi connectivity index (χ1v) is 14.7. The van der Waals surface area contributed by atoms with E-state index in [9.17, 15) is 14.4 Å². The molecule has 0 spiro atoms. The number of amides is 1. The maximum absolute atomic E-state index is 13.2. The van der Waals surface area contributed by atoms with E-state index < -0.39 is 11.9 Å². The predicted molar refractivity (Wildman–Crippen MR) is 158 cm³/mol. The van der Waals surface area contributed by atoms with Crippen LogP contribution in [0.1, 0.15) is 63.4 Å². The molecule has 0 bridgehead atoms. The molecule has 4 rings (SSSR count). The van der Waals surface area contributed by atoms with Crippen molar-refractivity contribution in [1.82, 2.24) is 9.80 Å². The molecule has 2 saturated heterocycles. The molecular formula is C32H43N3O7. The lowest BCUT2D eigenvalue weighted by atomic mass is 9.85. The number of hydrogen-bond acceptors (Lipinski definition) is 9. The molecule has 0 N–H and O–H groups in total. The first-order valence-electron chi connectivity index (χ1n) is 14.7. The van der Waals surface area contributed by atoms with E-state index in [1.54, 1.807) is 0 Å². The number of benzene rings is 2. The summed E-state index contributed by atoms with van der Waals surface area (Å²) in [4.78, 5) is 50.7. The minimum atomic E-state index is -0.703. The predicted octanol–water partition coefficient (Wildman–Crippen LogP) is 4.38. The van der Waals surface area contributed by atoms with Gasteiger partial charge in [0.15, 0.2) is 0 Å². The third-order valence-electron chi connectivity index (χ3n) is 7.94. The van der Waals surface area contributed by atoms with E-state index in [2.05, 4.69) is 71.7 Å². The number of piperidine rings is 1. The fourth-order valence-electron chi connectivity index (χ4n) is 5.62. The Morgan fingerprint density at radius 1 is 0.905 bits per heavy atom. The number of piperazine rings is 1. The molecule has 2 aliphatic heterocycles. The van der Waals surface area contributed by atoms with Crippen LogP contribution in [0.2, 0.25) is 0 Å². The van der Waals surface area contributed by atoms with Crippen molar-refractivity contribution in [2.24, 2.45) is 5.92 Å². The maximum atomic E-state index is 13.2. The van der Waals surface area contributed by atoms with Gasteiger partial charge in [-0.25, -0.2) is 9.59 Å². The summed E-state index contributed by atoms with van der Waals surface area (Å²) in [6.07, 6.45) is 1.73. The Balaban J connectivity index is 1.20. The lowest BCUT2D eigenvalue weighted by molar-refractivity contribution is -0.458. The van der Waals surface area contributed by atoms with Gasteiger partial charge < -0.3 is 14.5 Å². The van der Waals surface area contributed by atoms with Crippen LogP contribution >= 0.6 is 0 Å². The van der Waals surface area contributed by atoms with Gasteiger partial charge in [0, 0.05) is 55.4 Å². The van der Waals surface area contributed by atoms with Gasteiger partial charge in [0.25, 0.3) is 5.91 Å². The van der Waals surface area contributed by atoms with Crippen LogP contribution in [0.5, 0.6) is 5.75 Å². The average Bonchev–Trinajstić information content (AvgIpc) is 2.97. The van der Waals surface area contributed by atoms with Gasteiger partial charge in [0.2, 0.25) is 0 Å². The van der Waals surface area contributed by atoms with Crippen LogP contribution in [0, 0.1) is 5.92 Å². The van der Waals surface area contributed by atoms with Gasteiger partial charge in [0.1, 0.15) is 12.3 Å². The molecule has 0 radical (unpaired) electrons. The zero-order valence-electron chi connectivity index (χ0n) is 25.3. The lowest BCUT2D eigenvalue weighted by Gasteiger charge is -2.38. The van der Waals surface area contributed by atoms with Crippen LogP contribution in [-0.4, -0.2) is 79.6 Å². The zero-order valence-corrected chi connectivity index (χ0v) is 25.3. The number of carbonyl (C=O) groups excluding carboxylic acids is 3. The molecule has 1 amide bonds. The Morgan fingerprint density at radius 2 is 1.60 bits per heavy atom. The van der Waals surface area contributed by atoms with Gasteiger partial charge in [-0.1, -0.05) is 39.0 Å². The maximum Gasteiger partial charge on any atom is 0.360 e. The first kappa shape index (κ1) is 31.3. The van der Waals surface area contributed by atoms with E-state index in [1.807, 2.05) is 34.1 Å². The summed E-state index contributed by atoms with van der Waals surface area (Å²) < 4.78 is 6.06. The van der Waals surface area contributed by atoms with Crippen molar-refractivity contribution >= 4 is 23.5 Å². The van der Waals surface area contributed by atoms with Crippen molar-refractivity contribution in [1.29, 1.82) is 0 Å². The summed E-state index contributed by atoms with van der Waals surface area (Å²) in [6.45, 7) is 14.2. The third kappa shape index (κ3) is 8.45. The Bertz CT molecular complexity index is 1220. The molecule has 2 atom stereocenters. The average molecular weight is 582 g/mol. The molecule has 2 aromatic carbocycles. The molecule has 2 unspecified atom stereocenters. The van der Waals surface area contributed by atoms with E-state index in [4.69, 9.17) is 4.74 Å². The minimum Gasteiger partial charge on any atom is -0.493 e. The van der Waals surface area contributed by atoms with Crippen LogP contribution in [-0.2, 0) is 29.8 Å². The van der Waals surface area contributed by atoms with Gasteiger partial charge in [-0.15, -0.1) is 0 Å².